The van der Waals surface area contributed by atoms with Gasteiger partial charge in [-0.25, -0.2) is 0 Å². The van der Waals surface area contributed by atoms with Crippen LogP contribution in [-0.2, 0) is 14.4 Å². The van der Waals surface area contributed by atoms with Crippen molar-refractivity contribution in [3.8, 4) is 0 Å². The molecule has 0 aromatic heterocycles. The number of thioether (sulfide) groups is 1. The highest BCUT2D eigenvalue weighted by molar-refractivity contribution is 8.14. The number of carbonyl (C=O) groups excluding carboxylic acids is 3. The Morgan fingerprint density at radius 2 is 1.89 bits per heavy atom. The lowest BCUT2D eigenvalue weighted by Crippen LogP contribution is -2.30. The number of imide groups is 1. The highest BCUT2D eigenvalue weighted by Crippen LogP contribution is 2.01. The number of carbonyl (C=O) groups is 3. The molecule has 0 spiro atoms. The Morgan fingerprint density at radius 3 is 2.50 bits per heavy atom. The van der Waals surface area contributed by atoms with Gasteiger partial charge in [-0.15, -0.1) is 0 Å². The zero-order valence-electron chi connectivity index (χ0n) is 9.88. The predicted molar refractivity (Wildman–Crippen MR) is 71.8 cm³/mol. The molecule has 0 aliphatic heterocycles. The molecule has 5 heteroatoms. The van der Waals surface area contributed by atoms with Gasteiger partial charge in [-0.3, -0.25) is 19.7 Å². The van der Waals surface area contributed by atoms with Gasteiger partial charge in [0, 0.05) is 13.0 Å². The summed E-state index contributed by atoms with van der Waals surface area (Å²) in [5, 5.41) is 2.01. The highest BCUT2D eigenvalue weighted by Gasteiger charge is 2.06. The first-order chi connectivity index (χ1) is 8.58. The third kappa shape index (κ3) is 6.00. The van der Waals surface area contributed by atoms with Gasteiger partial charge in [-0.2, -0.15) is 0 Å². The Kier molecular flexibility index (Phi) is 5.87. The summed E-state index contributed by atoms with van der Waals surface area (Å²) >= 11 is 0.869. The maximum absolute atomic E-state index is 11.4. The second-order valence-corrected chi connectivity index (χ2v) is 4.59. The molecule has 1 rings (SSSR count). The fraction of sp³-hybridized carbons (Fsp3) is 0.154. The first-order valence-corrected chi connectivity index (χ1v) is 6.27. The molecule has 0 bridgehead atoms. The van der Waals surface area contributed by atoms with E-state index in [-0.39, 0.29) is 10.9 Å². The van der Waals surface area contributed by atoms with E-state index in [0.717, 1.165) is 17.3 Å². The number of hydrogen-bond acceptors (Lipinski definition) is 4. The zero-order valence-corrected chi connectivity index (χ0v) is 10.7. The van der Waals surface area contributed by atoms with Gasteiger partial charge in [0.05, 0.1) is 5.75 Å². The van der Waals surface area contributed by atoms with Gasteiger partial charge in [0.1, 0.15) is 0 Å². The molecule has 1 aromatic carbocycles. The molecule has 18 heavy (non-hydrogen) atoms. The molecule has 4 nitrogen and oxygen atoms in total. The first-order valence-electron chi connectivity index (χ1n) is 5.28. The molecule has 0 fully saturated rings. The average molecular weight is 263 g/mol. The average Bonchev–Trinajstić information content (AvgIpc) is 2.35. The van der Waals surface area contributed by atoms with Gasteiger partial charge in [0.15, 0.2) is 5.12 Å². The van der Waals surface area contributed by atoms with Crippen LogP contribution in [0.4, 0.5) is 0 Å². The van der Waals surface area contributed by atoms with Gasteiger partial charge in [0.2, 0.25) is 5.91 Å². The standard InChI is InChI=1S/C13H13NO3S/c1-10(15)18-9-13(17)14-12(16)8-7-11-5-3-2-4-6-11/h2-8H,9H2,1H3,(H,14,16,17). The van der Waals surface area contributed by atoms with Crippen molar-refractivity contribution >= 4 is 34.8 Å². The third-order valence-corrected chi connectivity index (χ3v) is 2.71. The van der Waals surface area contributed by atoms with E-state index in [1.807, 2.05) is 30.3 Å². The van der Waals surface area contributed by atoms with E-state index >= 15 is 0 Å². The van der Waals surface area contributed by atoms with Crippen molar-refractivity contribution in [2.24, 2.45) is 0 Å². The lowest BCUT2D eigenvalue weighted by Gasteiger charge is -1.99. The van der Waals surface area contributed by atoms with Gasteiger partial charge in [-0.1, -0.05) is 42.1 Å². The molecule has 0 unspecified atom stereocenters. The van der Waals surface area contributed by atoms with Crippen LogP contribution in [0.25, 0.3) is 6.08 Å². The van der Waals surface area contributed by atoms with Crippen LogP contribution >= 0.6 is 11.8 Å². The molecule has 0 atom stereocenters. The van der Waals surface area contributed by atoms with E-state index < -0.39 is 11.8 Å². The number of hydrogen-bond donors (Lipinski definition) is 1. The summed E-state index contributed by atoms with van der Waals surface area (Å²) in [6.07, 6.45) is 2.90. The van der Waals surface area contributed by atoms with Crippen LogP contribution in [0, 0.1) is 0 Å². The molecule has 2 amide bonds. The van der Waals surface area contributed by atoms with Gasteiger partial charge < -0.3 is 0 Å². The van der Waals surface area contributed by atoms with Crippen LogP contribution in [0.2, 0.25) is 0 Å². The summed E-state index contributed by atoms with van der Waals surface area (Å²) in [7, 11) is 0. The zero-order chi connectivity index (χ0) is 13.4. The number of nitrogens with one attached hydrogen (secondary N) is 1. The summed E-state index contributed by atoms with van der Waals surface area (Å²) < 4.78 is 0. The maximum Gasteiger partial charge on any atom is 0.250 e. The smallest absolute Gasteiger partial charge is 0.250 e. The molecule has 0 heterocycles. The van der Waals surface area contributed by atoms with Crippen molar-refractivity contribution in [2.45, 2.75) is 6.92 Å². The van der Waals surface area contributed by atoms with Crippen LogP contribution in [-0.4, -0.2) is 22.7 Å². The summed E-state index contributed by atoms with van der Waals surface area (Å²) in [6, 6.07) is 9.27. The van der Waals surface area contributed by atoms with Crippen molar-refractivity contribution in [2.75, 3.05) is 5.75 Å². The van der Waals surface area contributed by atoms with Crippen LogP contribution < -0.4 is 5.32 Å². The first kappa shape index (κ1) is 14.2. The molecule has 0 aliphatic carbocycles. The Labute approximate surface area is 109 Å². The molecule has 0 saturated carbocycles. The van der Waals surface area contributed by atoms with Gasteiger partial charge >= 0.3 is 0 Å². The van der Waals surface area contributed by atoms with Crippen molar-refractivity contribution in [3.63, 3.8) is 0 Å². The van der Waals surface area contributed by atoms with E-state index in [9.17, 15) is 14.4 Å². The lowest BCUT2D eigenvalue weighted by molar-refractivity contribution is -0.126. The number of amides is 2. The molecule has 94 valence electrons. The van der Waals surface area contributed by atoms with Crippen LogP contribution in [0.5, 0.6) is 0 Å². The fourth-order valence-electron chi connectivity index (χ4n) is 1.12. The summed E-state index contributed by atoms with van der Waals surface area (Å²) in [4.78, 5) is 33.2. The van der Waals surface area contributed by atoms with E-state index in [0.29, 0.717) is 0 Å². The van der Waals surface area contributed by atoms with E-state index in [4.69, 9.17) is 0 Å². The Balaban J connectivity index is 2.40. The summed E-state index contributed by atoms with van der Waals surface area (Å²) in [5.74, 6) is -1.01. The molecule has 1 N–H and O–H groups in total. The minimum atomic E-state index is -0.493. The Morgan fingerprint density at radius 1 is 1.22 bits per heavy atom. The van der Waals surface area contributed by atoms with E-state index in [1.165, 1.54) is 13.0 Å². The van der Waals surface area contributed by atoms with E-state index in [1.54, 1.807) is 6.08 Å². The minimum absolute atomic E-state index is 0.0414. The predicted octanol–water partition coefficient (Wildman–Crippen LogP) is 1.62. The molecular weight excluding hydrogens is 250 g/mol. The Hall–Kier alpha value is -1.88. The largest absolute Gasteiger partial charge is 0.292 e. The molecule has 0 saturated heterocycles. The normalized spacial score (nSPS) is 10.3. The second-order valence-electron chi connectivity index (χ2n) is 3.44. The third-order valence-electron chi connectivity index (χ3n) is 1.90. The van der Waals surface area contributed by atoms with Crippen molar-refractivity contribution in [3.05, 3.63) is 42.0 Å². The van der Waals surface area contributed by atoms with Crippen LogP contribution in [0.1, 0.15) is 12.5 Å². The van der Waals surface area contributed by atoms with Crippen molar-refractivity contribution in [1.29, 1.82) is 0 Å². The Bertz CT molecular complexity index is 468. The molecule has 0 radical (unpaired) electrons. The molecular formula is C13H13NO3S. The lowest BCUT2D eigenvalue weighted by atomic mass is 10.2. The highest BCUT2D eigenvalue weighted by atomic mass is 32.2. The molecule has 1 aromatic rings. The summed E-state index contributed by atoms with van der Waals surface area (Å²) in [6.45, 7) is 1.37. The quantitative estimate of drug-likeness (QED) is 0.838. The second kappa shape index (κ2) is 7.45. The van der Waals surface area contributed by atoms with E-state index in [2.05, 4.69) is 5.32 Å². The minimum Gasteiger partial charge on any atom is -0.292 e. The number of benzene rings is 1. The van der Waals surface area contributed by atoms with Crippen molar-refractivity contribution in [1.82, 2.24) is 5.32 Å². The monoisotopic (exact) mass is 263 g/mol. The SMILES string of the molecule is CC(=O)SCC(=O)NC(=O)C=Cc1ccccc1. The van der Waals surface area contributed by atoms with Gasteiger partial charge in [-0.05, 0) is 11.6 Å². The molecule has 0 aliphatic rings. The maximum atomic E-state index is 11.4. The van der Waals surface area contributed by atoms with Crippen molar-refractivity contribution < 1.29 is 14.4 Å². The fourth-order valence-corrected chi connectivity index (χ4v) is 1.52. The van der Waals surface area contributed by atoms with Crippen LogP contribution in [0.15, 0.2) is 36.4 Å². The number of rotatable bonds is 4. The summed E-state index contributed by atoms with van der Waals surface area (Å²) in [5.41, 5.74) is 0.873. The van der Waals surface area contributed by atoms with Crippen LogP contribution in [0.3, 0.4) is 0 Å². The van der Waals surface area contributed by atoms with Gasteiger partial charge in [0.25, 0.3) is 5.91 Å². The topological polar surface area (TPSA) is 63.2 Å².